The van der Waals surface area contributed by atoms with Crippen LogP contribution < -0.4 is 66.7 Å². The Bertz CT molecular complexity index is 4530. The number of piperidine rings is 2. The van der Waals surface area contributed by atoms with E-state index in [0.29, 0.717) is 53.5 Å². The number of aromatic nitrogens is 8. The topological polar surface area (TPSA) is 361 Å². The van der Waals surface area contributed by atoms with Crippen molar-refractivity contribution in [1.82, 2.24) is 43.1 Å². The fourth-order valence-corrected chi connectivity index (χ4v) is 10.1. The number of benzene rings is 4. The third-order valence-corrected chi connectivity index (χ3v) is 15.3. The van der Waals surface area contributed by atoms with E-state index in [9.17, 15) is 42.7 Å². The van der Waals surface area contributed by atoms with Crippen LogP contribution in [0.5, 0.6) is 0 Å². The summed E-state index contributed by atoms with van der Waals surface area (Å²) in [6, 6.07) is 40.1. The summed E-state index contributed by atoms with van der Waals surface area (Å²) >= 11 is 20.3. The first kappa shape index (κ1) is 76.2. The highest BCUT2D eigenvalue weighted by atomic mass is 79.9. The number of nitrogens with one attached hydrogen (secondary N) is 4. The summed E-state index contributed by atoms with van der Waals surface area (Å²) < 4.78 is 27.3. The summed E-state index contributed by atoms with van der Waals surface area (Å²) in [7, 11) is 3.35. The number of nitriles is 3. The lowest BCUT2D eigenvalue weighted by molar-refractivity contribution is 0.198. The molecule has 0 saturated carbocycles. The Morgan fingerprint density at radius 1 is 0.642 bits per heavy atom. The lowest BCUT2D eigenvalue weighted by atomic mass is 10.1. The van der Waals surface area contributed by atoms with E-state index in [1.807, 2.05) is 52.4 Å². The van der Waals surface area contributed by atoms with Crippen LogP contribution in [0.3, 0.4) is 0 Å². The molecule has 3 fully saturated rings. The first-order valence-electron chi connectivity index (χ1n) is 29.7. The lowest BCUT2D eigenvalue weighted by Crippen LogP contribution is -2.47. The van der Waals surface area contributed by atoms with Crippen molar-refractivity contribution in [2.75, 3.05) is 51.4 Å². The molecule has 11 rings (SSSR count). The zero-order valence-electron chi connectivity index (χ0n) is 53.1. The van der Waals surface area contributed by atoms with Crippen LogP contribution in [0.4, 0.5) is 15.9 Å². The van der Waals surface area contributed by atoms with E-state index in [1.54, 1.807) is 65.2 Å². The molecule has 3 aliphatic rings. The number of ether oxygens (including phenoxy) is 1. The van der Waals surface area contributed by atoms with Crippen LogP contribution in [0.2, 0.25) is 15.5 Å². The van der Waals surface area contributed by atoms with Gasteiger partial charge in [-0.1, -0.05) is 130 Å². The third-order valence-electron chi connectivity index (χ3n) is 13.9. The number of H-pyrrole nitrogens is 3. The number of hydrogen-bond donors (Lipinski definition) is 6. The Hall–Kier alpha value is -9.52. The molecule has 30 heteroatoms. The molecule has 25 nitrogen and oxygen atoms in total. The highest BCUT2D eigenvalue weighted by Gasteiger charge is 2.22. The largest absolute Gasteiger partial charge is 0.381 e. The molecule has 500 valence electrons. The van der Waals surface area contributed by atoms with Gasteiger partial charge in [-0.2, -0.15) is 15.8 Å². The molecule has 0 radical (unpaired) electrons. The number of halogens is 5. The molecule has 0 amide bonds. The van der Waals surface area contributed by atoms with E-state index in [1.165, 1.54) is 48.2 Å². The van der Waals surface area contributed by atoms with E-state index in [-0.39, 0.29) is 59.0 Å². The van der Waals surface area contributed by atoms with Gasteiger partial charge in [-0.05, 0) is 85.5 Å². The van der Waals surface area contributed by atoms with Crippen LogP contribution in [-0.4, -0.2) is 96.4 Å². The van der Waals surface area contributed by atoms with Crippen molar-refractivity contribution in [1.29, 1.82) is 15.8 Å². The number of nitrogens with zero attached hydrogens (tertiary/aromatic N) is 10. The van der Waals surface area contributed by atoms with Gasteiger partial charge < -0.3 is 26.4 Å². The average molecular weight is 1430 g/mol. The maximum Gasteiger partial charge on any atom is 0.332 e. The smallest absolute Gasteiger partial charge is 0.332 e. The second kappa shape index (κ2) is 41.2. The Labute approximate surface area is 569 Å². The van der Waals surface area contributed by atoms with E-state index in [2.05, 4.69) is 48.2 Å². The zero-order valence-corrected chi connectivity index (χ0v) is 55.9. The minimum Gasteiger partial charge on any atom is -0.381 e. The van der Waals surface area contributed by atoms with Gasteiger partial charge in [-0.3, -0.25) is 61.4 Å². The fourth-order valence-electron chi connectivity index (χ4n) is 8.99. The number of aromatic amines is 3. The summed E-state index contributed by atoms with van der Waals surface area (Å²) in [5.74, 6) is 0.572. The molecule has 8 aromatic rings. The van der Waals surface area contributed by atoms with Gasteiger partial charge in [0.05, 0.1) is 63.1 Å². The summed E-state index contributed by atoms with van der Waals surface area (Å²) in [6.07, 6.45) is 6.32. The van der Waals surface area contributed by atoms with Crippen LogP contribution in [0.1, 0.15) is 78.8 Å². The van der Waals surface area contributed by atoms with Gasteiger partial charge in [-0.15, -0.1) is 0 Å². The maximum absolute atomic E-state index is 12.7. The molecule has 0 spiro atoms. The quantitative estimate of drug-likeness (QED) is 0.0533. The molecule has 4 aromatic carbocycles. The van der Waals surface area contributed by atoms with E-state index < -0.39 is 33.7 Å². The summed E-state index contributed by atoms with van der Waals surface area (Å²) in [5, 5.41) is 30.6. The predicted octanol–water partition coefficient (Wildman–Crippen LogP) is 6.55. The van der Waals surface area contributed by atoms with Gasteiger partial charge in [0.2, 0.25) is 0 Å². The first-order valence-corrected chi connectivity index (χ1v) is 31.4. The number of anilines is 1. The molecule has 3 saturated heterocycles. The summed E-state index contributed by atoms with van der Waals surface area (Å²) in [5.41, 5.74) is 13.0. The molecule has 4 aromatic heterocycles. The van der Waals surface area contributed by atoms with Gasteiger partial charge in [-0.25, -0.2) is 24.0 Å². The number of alkyl halides is 2. The summed E-state index contributed by atoms with van der Waals surface area (Å²) in [4.78, 5) is 103. The van der Waals surface area contributed by atoms with Crippen LogP contribution in [0, 0.1) is 40.6 Å². The molecule has 8 N–H and O–H groups in total. The standard InChI is InChI=1S/C18H21N5O2.C13H10ClN3O2.C12H8ClN3O2.C8H6BrN.C5H12N2.C4H3ClN2O2.C4H8O.CH3F/c1-20-15-8-4-3-6-13(15)11-23-16(10-17(24)21(2)18(23)25)22-9-5-7-14(19)12-22;1-16-12(18)6-11(14)17(13(16)19)8-10-5-3-2-4-9(10)7-15;13-10-5-11(17)15-12(18)16(10)7-9-4-2-1-3-8(9)6-14;9-5-7-3-1-2-4-8(7)6-10;6-5-2-1-3-7-4-5;5-2-1-3(8)7-4(9)6-2;1-2-4-5-3-1;1-2/h3-4,6,8,10,14H,5,7,9,11-12,19H2,2H3;2-6H,8H2,1H3;1-5H,7H2,(H,15,17,18);1-4H,5H2;5,7H,1-4,6H2;1H,(H2,6,7,8,9);1-4H2;1H3/t14-;;;;5-;;;/m1...1.../s1/i;;;;;;3D;. The Morgan fingerprint density at radius 3 is 1.61 bits per heavy atom. The second-order valence-electron chi connectivity index (χ2n) is 20.6. The van der Waals surface area contributed by atoms with Crippen molar-refractivity contribution in [2.24, 2.45) is 25.6 Å². The van der Waals surface area contributed by atoms with Gasteiger partial charge in [0.15, 0.2) is 5.69 Å². The highest BCUT2D eigenvalue weighted by Crippen LogP contribution is 2.23. The number of hydrogen-bond acceptors (Lipinski definition) is 16. The highest BCUT2D eigenvalue weighted by molar-refractivity contribution is 9.08. The summed E-state index contributed by atoms with van der Waals surface area (Å²) in [6.45, 7) is 12.0. The maximum atomic E-state index is 12.7. The Balaban J connectivity index is 0.000000249. The van der Waals surface area contributed by atoms with Crippen LogP contribution in [0.15, 0.2) is 160 Å². The third kappa shape index (κ3) is 25.0. The first-order chi connectivity index (χ1) is 46.0. The van der Waals surface area contributed by atoms with Crippen molar-refractivity contribution in [2.45, 2.75) is 75.6 Å². The SMILES string of the molecule is CF.Cn1c(=O)cc(Cl)n(Cc2ccccc2C#N)c1=O.N#Cc1ccccc1CBr.N#Cc1ccccc1Cn1c(Cl)cc(=O)[nH]c1=O.N[C@@H]1CCCNC1.O=c1cc(Cl)[nH]c(=O)[nH]1.[2H]C1CCCO1.[C-]#[N+]c1ccccc1Cn1c(N2CCC[C@@H](N)C2)cc(=O)n(C)c1=O. The molecule has 3 aliphatic heterocycles. The van der Waals surface area contributed by atoms with Crippen molar-refractivity contribution in [3.8, 4) is 18.2 Å². The average Bonchev–Trinajstić information content (AvgIpc) is 1.11. The van der Waals surface area contributed by atoms with Crippen molar-refractivity contribution in [3.05, 3.63) is 271 Å². The molecule has 0 aliphatic carbocycles. The Kier molecular flexibility index (Phi) is 33.1. The predicted molar refractivity (Wildman–Crippen MR) is 369 cm³/mol. The zero-order chi connectivity index (χ0) is 70.9. The molecule has 1 unspecified atom stereocenters. The number of para-hydroxylation sites is 1. The second-order valence-corrected chi connectivity index (χ2v) is 22.3. The minimum atomic E-state index is -0.597. The van der Waals surface area contributed by atoms with E-state index in [0.717, 1.165) is 95.2 Å². The van der Waals surface area contributed by atoms with Crippen molar-refractivity contribution in [3.63, 3.8) is 0 Å². The molecule has 95 heavy (non-hydrogen) atoms. The molecular formula is C65H71BrCl3FN16O9. The van der Waals surface area contributed by atoms with Gasteiger partial charge >= 0.3 is 22.8 Å². The molecule has 0 bridgehead atoms. The van der Waals surface area contributed by atoms with Crippen molar-refractivity contribution < 1.29 is 10.5 Å². The monoisotopic (exact) mass is 1420 g/mol. The van der Waals surface area contributed by atoms with Crippen LogP contribution >= 0.6 is 50.7 Å². The lowest BCUT2D eigenvalue weighted by Gasteiger charge is -2.34. The van der Waals surface area contributed by atoms with Gasteiger partial charge in [0.25, 0.3) is 22.2 Å². The molecule has 7 heterocycles. The van der Waals surface area contributed by atoms with Gasteiger partial charge in [0, 0.05) is 95.1 Å². The number of nitrogens with two attached hydrogens (primary N) is 2. The van der Waals surface area contributed by atoms with Crippen LogP contribution in [0.25, 0.3) is 4.85 Å². The molecular weight excluding hydrogens is 1350 g/mol. The van der Waals surface area contributed by atoms with Crippen molar-refractivity contribution >= 4 is 62.2 Å². The van der Waals surface area contributed by atoms with Crippen LogP contribution in [-0.2, 0) is 43.8 Å². The number of rotatable bonds is 8. The van der Waals surface area contributed by atoms with E-state index >= 15 is 0 Å². The van der Waals surface area contributed by atoms with Gasteiger partial charge in [0.1, 0.15) is 21.3 Å². The minimum absolute atomic E-state index is 0.0249. The van der Waals surface area contributed by atoms with E-state index in [4.69, 9.17) is 74.7 Å². The normalized spacial score (nSPS) is 15.0. The molecule has 3 atom stereocenters. The Morgan fingerprint density at radius 2 is 1.15 bits per heavy atom. The fraction of sp³-hybridized carbons (Fsp3) is 0.323.